The second kappa shape index (κ2) is 10.5. The number of hydrogen-bond donors (Lipinski definition) is 2. The van der Waals surface area contributed by atoms with Gasteiger partial charge >= 0.3 is 0 Å². The zero-order chi connectivity index (χ0) is 30.9. The molecular formula is C39H38F2N4O. The monoisotopic (exact) mass is 616 g/mol. The molecule has 5 aromatic rings. The van der Waals surface area contributed by atoms with Gasteiger partial charge in [-0.15, -0.1) is 0 Å². The Morgan fingerprint density at radius 2 is 1.41 bits per heavy atom. The lowest BCUT2D eigenvalue weighted by Gasteiger charge is -2.48. The molecule has 0 radical (unpaired) electrons. The molecule has 2 heterocycles. The maximum Gasteiger partial charge on any atom is 0.250 e. The number of hydrogen-bond acceptors (Lipinski definition) is 5. The third kappa shape index (κ3) is 5.14. The fourth-order valence-corrected chi connectivity index (χ4v) is 8.05. The average Bonchev–Trinajstić information content (AvgIpc) is 4.01. The predicted molar refractivity (Wildman–Crippen MR) is 175 cm³/mol. The standard InChI is InChI=1S/C39H38F2N4O/c40-39(41)21-38(22-39,29-7-4-16-42-20-29)24-44-34-19-32(34)27-10-8-25(9-11-27)28-12-13-30-35(17-28)46-45-36(30)37(14-15-37)23-43-33-18-31(33)26-5-2-1-3-6-26/h1-13,16-17,20,31-34,43-44H,14-15,18-19,21-24H2/t31-,32-,33+,34+/m1/s1. The van der Waals surface area contributed by atoms with E-state index in [1.165, 1.54) is 17.5 Å². The van der Waals surface area contributed by atoms with Gasteiger partial charge in [0, 0.05) is 78.5 Å². The van der Waals surface area contributed by atoms with E-state index in [1.807, 2.05) is 12.1 Å². The average molecular weight is 617 g/mol. The number of pyridine rings is 1. The van der Waals surface area contributed by atoms with Gasteiger partial charge in [-0.05, 0) is 71.7 Å². The molecule has 4 saturated carbocycles. The largest absolute Gasteiger partial charge is 0.356 e. The molecular weight excluding hydrogens is 578 g/mol. The topological polar surface area (TPSA) is 63.0 Å². The molecule has 0 saturated heterocycles. The van der Waals surface area contributed by atoms with Crippen LogP contribution in [0.5, 0.6) is 0 Å². The van der Waals surface area contributed by atoms with Crippen molar-refractivity contribution in [2.24, 2.45) is 0 Å². The Morgan fingerprint density at radius 1 is 0.739 bits per heavy atom. The molecule has 2 aromatic heterocycles. The van der Waals surface area contributed by atoms with Crippen LogP contribution in [0.4, 0.5) is 8.78 Å². The van der Waals surface area contributed by atoms with Gasteiger partial charge in [0.2, 0.25) is 5.92 Å². The van der Waals surface area contributed by atoms with Gasteiger partial charge in [-0.1, -0.05) is 71.9 Å². The van der Waals surface area contributed by atoms with Crippen molar-refractivity contribution in [3.8, 4) is 11.1 Å². The van der Waals surface area contributed by atoms with Crippen molar-refractivity contribution >= 4 is 11.0 Å². The van der Waals surface area contributed by atoms with E-state index in [-0.39, 0.29) is 18.3 Å². The van der Waals surface area contributed by atoms with Crippen LogP contribution in [0.1, 0.15) is 72.7 Å². The van der Waals surface area contributed by atoms with Crippen LogP contribution in [-0.2, 0) is 10.8 Å². The lowest BCUT2D eigenvalue weighted by molar-refractivity contribution is -0.126. The van der Waals surface area contributed by atoms with Gasteiger partial charge in [0.15, 0.2) is 5.58 Å². The number of nitrogens with zero attached hydrogens (tertiary/aromatic N) is 2. The van der Waals surface area contributed by atoms with Gasteiger partial charge in [0.05, 0.1) is 5.69 Å². The Labute approximate surface area is 267 Å². The molecule has 234 valence electrons. The summed E-state index contributed by atoms with van der Waals surface area (Å²) in [5.74, 6) is -1.57. The van der Waals surface area contributed by atoms with E-state index < -0.39 is 11.3 Å². The van der Waals surface area contributed by atoms with Crippen LogP contribution in [0.15, 0.2) is 102 Å². The van der Waals surface area contributed by atoms with E-state index in [4.69, 9.17) is 4.52 Å². The zero-order valence-electron chi connectivity index (χ0n) is 25.8. The highest BCUT2D eigenvalue weighted by Gasteiger charge is 2.58. The van der Waals surface area contributed by atoms with Gasteiger partial charge in [0.1, 0.15) is 0 Å². The van der Waals surface area contributed by atoms with Crippen molar-refractivity contribution in [2.75, 3.05) is 13.1 Å². The first-order chi connectivity index (χ1) is 22.4. The molecule has 4 atom stereocenters. The van der Waals surface area contributed by atoms with Gasteiger partial charge < -0.3 is 15.2 Å². The van der Waals surface area contributed by atoms with Gasteiger partial charge in [-0.25, -0.2) is 8.78 Å². The number of halogens is 2. The number of fused-ring (bicyclic) bond motifs is 1. The van der Waals surface area contributed by atoms with E-state index in [9.17, 15) is 8.78 Å². The fraction of sp³-hybridized carbons (Fsp3) is 0.385. The smallest absolute Gasteiger partial charge is 0.250 e. The quantitative estimate of drug-likeness (QED) is 0.158. The van der Waals surface area contributed by atoms with Crippen LogP contribution in [-0.4, -0.2) is 41.2 Å². The summed E-state index contributed by atoms with van der Waals surface area (Å²) < 4.78 is 33.9. The van der Waals surface area contributed by atoms with Crippen molar-refractivity contribution in [1.29, 1.82) is 0 Å². The normalized spacial score (nSPS) is 26.4. The number of aromatic nitrogens is 2. The summed E-state index contributed by atoms with van der Waals surface area (Å²) in [5.41, 5.74) is 7.35. The van der Waals surface area contributed by atoms with E-state index in [0.717, 1.165) is 59.2 Å². The van der Waals surface area contributed by atoms with Crippen molar-refractivity contribution in [3.05, 3.63) is 120 Å². The fourth-order valence-electron chi connectivity index (χ4n) is 8.05. The summed E-state index contributed by atoms with van der Waals surface area (Å²) >= 11 is 0. The van der Waals surface area contributed by atoms with Crippen LogP contribution in [0.25, 0.3) is 22.1 Å². The molecule has 9 rings (SSSR count). The number of nitrogens with one attached hydrogen (secondary N) is 2. The van der Waals surface area contributed by atoms with Crippen molar-refractivity contribution in [3.63, 3.8) is 0 Å². The summed E-state index contributed by atoms with van der Waals surface area (Å²) in [7, 11) is 0. The molecule has 0 unspecified atom stereocenters. The first kappa shape index (κ1) is 28.3. The zero-order valence-corrected chi connectivity index (χ0v) is 25.8. The summed E-state index contributed by atoms with van der Waals surface area (Å²) in [6.45, 7) is 1.50. The van der Waals surface area contributed by atoms with Crippen LogP contribution in [0, 0.1) is 0 Å². The van der Waals surface area contributed by atoms with E-state index in [2.05, 4.69) is 93.6 Å². The SMILES string of the molecule is FC1(F)CC(CN[C@H]2C[C@@H]2c2ccc(-c3ccc4c(C5(CN[C@H]6C[C@@H]6c6ccccc6)CC5)noc4c3)cc2)(c2cccnc2)C1. The molecule has 4 aliphatic carbocycles. The Bertz CT molecular complexity index is 1860. The highest BCUT2D eigenvalue weighted by Crippen LogP contribution is 2.54. The van der Waals surface area contributed by atoms with E-state index in [1.54, 1.807) is 12.4 Å². The number of alkyl halides is 2. The predicted octanol–water partition coefficient (Wildman–Crippen LogP) is 7.88. The van der Waals surface area contributed by atoms with Crippen LogP contribution >= 0.6 is 0 Å². The lowest BCUT2D eigenvalue weighted by Crippen LogP contribution is -2.55. The van der Waals surface area contributed by atoms with Crippen LogP contribution in [0.3, 0.4) is 0 Å². The minimum Gasteiger partial charge on any atom is -0.356 e. The lowest BCUT2D eigenvalue weighted by atomic mass is 9.62. The van der Waals surface area contributed by atoms with Crippen LogP contribution < -0.4 is 10.6 Å². The van der Waals surface area contributed by atoms with E-state index >= 15 is 0 Å². The molecule has 46 heavy (non-hydrogen) atoms. The molecule has 5 nitrogen and oxygen atoms in total. The Balaban J connectivity index is 0.832. The molecule has 4 aliphatic rings. The number of benzene rings is 3. The van der Waals surface area contributed by atoms with Gasteiger partial charge in [-0.3, -0.25) is 4.98 Å². The minimum atomic E-state index is -2.59. The maximum atomic E-state index is 14.0. The first-order valence-corrected chi connectivity index (χ1v) is 16.7. The molecule has 0 amide bonds. The molecule has 0 spiro atoms. The molecule has 4 fully saturated rings. The minimum absolute atomic E-state index is 0.0736. The second-order valence-corrected chi connectivity index (χ2v) is 14.4. The Hall–Kier alpha value is -3.94. The molecule has 0 aliphatic heterocycles. The van der Waals surface area contributed by atoms with Crippen molar-refractivity contribution < 1.29 is 13.3 Å². The third-order valence-electron chi connectivity index (χ3n) is 11.2. The molecule has 0 bridgehead atoms. The molecule has 7 heteroatoms. The molecule has 3 aromatic carbocycles. The summed E-state index contributed by atoms with van der Waals surface area (Å²) in [5, 5.41) is 13.2. The first-order valence-electron chi connectivity index (χ1n) is 16.7. The number of rotatable bonds is 11. The summed E-state index contributed by atoms with van der Waals surface area (Å²) in [6, 6.07) is 30.7. The molecule has 2 N–H and O–H groups in total. The summed E-state index contributed by atoms with van der Waals surface area (Å²) in [4.78, 5) is 4.19. The maximum absolute atomic E-state index is 14.0. The van der Waals surface area contributed by atoms with Crippen LogP contribution in [0.2, 0.25) is 0 Å². The highest BCUT2D eigenvalue weighted by atomic mass is 19.3. The summed E-state index contributed by atoms with van der Waals surface area (Å²) in [6.07, 6.45) is 7.72. The van der Waals surface area contributed by atoms with Crippen molar-refractivity contribution in [2.45, 2.75) is 79.2 Å². The highest BCUT2D eigenvalue weighted by molar-refractivity contribution is 5.86. The van der Waals surface area contributed by atoms with Gasteiger partial charge in [-0.2, -0.15) is 0 Å². The third-order valence-corrected chi connectivity index (χ3v) is 11.2. The second-order valence-electron chi connectivity index (χ2n) is 14.4. The van der Waals surface area contributed by atoms with Gasteiger partial charge in [0.25, 0.3) is 0 Å². The van der Waals surface area contributed by atoms with Crippen molar-refractivity contribution in [1.82, 2.24) is 20.8 Å². The Morgan fingerprint density at radius 3 is 2.07 bits per heavy atom. The van der Waals surface area contributed by atoms with E-state index in [0.29, 0.717) is 30.5 Å². The Kier molecular flexibility index (Phi) is 6.48.